The molecular formula is C17H22FN3O2. The first kappa shape index (κ1) is 16.0. The average molecular weight is 319 g/mol. The Kier molecular flexibility index (Phi) is 4.39. The number of nitrogens with zero attached hydrogens (tertiary/aromatic N) is 1. The number of benzene rings is 1. The van der Waals surface area contributed by atoms with E-state index in [1.165, 1.54) is 13.2 Å². The van der Waals surface area contributed by atoms with E-state index in [-0.39, 0.29) is 11.6 Å². The lowest BCUT2D eigenvalue weighted by molar-refractivity contribution is 0.0488. The number of halogens is 1. The van der Waals surface area contributed by atoms with Gasteiger partial charge in [0.05, 0.1) is 12.6 Å². The number of ether oxygens (including phenoxy) is 1. The molecule has 2 unspecified atom stereocenters. The quantitative estimate of drug-likeness (QED) is 0.780. The van der Waals surface area contributed by atoms with Crippen molar-refractivity contribution in [1.29, 1.82) is 0 Å². The molecule has 1 aromatic carbocycles. The molecule has 0 saturated carbocycles. The van der Waals surface area contributed by atoms with Crippen LogP contribution in [0.1, 0.15) is 12.5 Å². The van der Waals surface area contributed by atoms with E-state index in [0.717, 1.165) is 11.1 Å². The van der Waals surface area contributed by atoms with Crippen molar-refractivity contribution < 1.29 is 14.2 Å². The molecule has 0 bridgehead atoms. The molecule has 3 N–H and O–H groups in total. The van der Waals surface area contributed by atoms with Crippen LogP contribution in [0, 0.1) is 5.82 Å². The predicted molar refractivity (Wildman–Crippen MR) is 86.2 cm³/mol. The Morgan fingerprint density at radius 1 is 1.48 bits per heavy atom. The van der Waals surface area contributed by atoms with Gasteiger partial charge >= 0.3 is 0 Å². The van der Waals surface area contributed by atoms with Crippen LogP contribution < -0.4 is 15.4 Å². The standard InChI is InChI=1S/C17H22FN3O2/c1-12-4-3-7-21(16(12)22)10-17(9-19-11-20-17)13-5-6-15(23-2)14(18)8-13/h3-8,16,19-20,22H,9-11H2,1-2H3. The van der Waals surface area contributed by atoms with Crippen molar-refractivity contribution in [2.75, 3.05) is 26.9 Å². The van der Waals surface area contributed by atoms with Crippen molar-refractivity contribution in [3.63, 3.8) is 0 Å². The number of methoxy groups -OCH3 is 1. The minimum Gasteiger partial charge on any atom is -0.494 e. The molecule has 5 nitrogen and oxygen atoms in total. The SMILES string of the molecule is COc1ccc(C2(CN3C=CC=C(C)C3O)CNCN2)cc1F. The van der Waals surface area contributed by atoms with Gasteiger partial charge in [0.2, 0.25) is 0 Å². The fourth-order valence-corrected chi connectivity index (χ4v) is 3.13. The Morgan fingerprint density at radius 3 is 2.96 bits per heavy atom. The molecule has 1 aromatic rings. The van der Waals surface area contributed by atoms with Gasteiger partial charge in [-0.3, -0.25) is 5.32 Å². The lowest BCUT2D eigenvalue weighted by atomic mass is 9.89. The van der Waals surface area contributed by atoms with Gasteiger partial charge in [-0.1, -0.05) is 12.1 Å². The number of allylic oxidation sites excluding steroid dienone is 2. The fourth-order valence-electron chi connectivity index (χ4n) is 3.13. The average Bonchev–Trinajstić information content (AvgIpc) is 3.01. The summed E-state index contributed by atoms with van der Waals surface area (Å²) in [4.78, 5) is 1.86. The van der Waals surface area contributed by atoms with Crippen LogP contribution >= 0.6 is 0 Å². The predicted octanol–water partition coefficient (Wildman–Crippen LogP) is 1.27. The normalized spacial score (nSPS) is 27.2. The molecule has 1 saturated heterocycles. The van der Waals surface area contributed by atoms with Gasteiger partial charge in [-0.15, -0.1) is 0 Å². The van der Waals surface area contributed by atoms with Crippen LogP contribution in [0.15, 0.2) is 42.1 Å². The van der Waals surface area contributed by atoms with Crippen LogP contribution in [0.3, 0.4) is 0 Å². The van der Waals surface area contributed by atoms with Crippen LogP contribution in [-0.2, 0) is 5.54 Å². The molecule has 0 amide bonds. The first-order chi connectivity index (χ1) is 11.1. The first-order valence-electron chi connectivity index (χ1n) is 7.64. The summed E-state index contributed by atoms with van der Waals surface area (Å²) in [5, 5.41) is 17.0. The molecule has 124 valence electrons. The molecule has 0 aliphatic carbocycles. The molecule has 23 heavy (non-hydrogen) atoms. The van der Waals surface area contributed by atoms with Crippen LogP contribution in [-0.4, -0.2) is 43.1 Å². The highest BCUT2D eigenvalue weighted by atomic mass is 19.1. The molecule has 0 aromatic heterocycles. The number of aliphatic hydroxyl groups excluding tert-OH is 1. The number of hydrogen-bond donors (Lipinski definition) is 3. The Balaban J connectivity index is 1.90. The van der Waals surface area contributed by atoms with E-state index in [0.29, 0.717) is 19.8 Å². The minimum absolute atomic E-state index is 0.228. The second-order valence-corrected chi connectivity index (χ2v) is 6.01. The Morgan fingerprint density at radius 2 is 2.30 bits per heavy atom. The highest BCUT2D eigenvalue weighted by Crippen LogP contribution is 2.30. The second-order valence-electron chi connectivity index (χ2n) is 6.01. The lowest BCUT2D eigenvalue weighted by Crippen LogP contribution is -2.51. The molecule has 2 aliphatic rings. The second kappa shape index (κ2) is 6.31. The maximum atomic E-state index is 14.1. The summed E-state index contributed by atoms with van der Waals surface area (Å²) in [5.41, 5.74) is 1.24. The molecule has 1 fully saturated rings. The molecule has 0 spiro atoms. The minimum atomic E-state index is -0.664. The monoisotopic (exact) mass is 319 g/mol. The number of aliphatic hydroxyl groups is 1. The summed E-state index contributed by atoms with van der Waals surface area (Å²) in [7, 11) is 1.45. The van der Waals surface area contributed by atoms with E-state index in [2.05, 4.69) is 10.6 Å². The summed E-state index contributed by atoms with van der Waals surface area (Å²) >= 11 is 0. The van der Waals surface area contributed by atoms with Crippen LogP contribution in [0.5, 0.6) is 5.75 Å². The third kappa shape index (κ3) is 2.97. The van der Waals surface area contributed by atoms with Crippen LogP contribution in [0.25, 0.3) is 0 Å². The fraction of sp³-hybridized carbons (Fsp3) is 0.412. The van der Waals surface area contributed by atoms with Crippen molar-refractivity contribution in [3.8, 4) is 5.75 Å². The smallest absolute Gasteiger partial charge is 0.165 e. The third-order valence-electron chi connectivity index (χ3n) is 4.49. The molecule has 6 heteroatoms. The maximum absolute atomic E-state index is 14.1. The van der Waals surface area contributed by atoms with Crippen molar-refractivity contribution in [2.24, 2.45) is 0 Å². The third-order valence-corrected chi connectivity index (χ3v) is 4.49. The van der Waals surface area contributed by atoms with E-state index in [1.54, 1.807) is 6.07 Å². The molecule has 0 radical (unpaired) electrons. The lowest BCUT2D eigenvalue weighted by Gasteiger charge is -2.38. The van der Waals surface area contributed by atoms with Crippen molar-refractivity contribution >= 4 is 0 Å². The van der Waals surface area contributed by atoms with Crippen LogP contribution in [0.4, 0.5) is 4.39 Å². The summed E-state index contributed by atoms with van der Waals surface area (Å²) in [6.07, 6.45) is 5.00. The molecular weight excluding hydrogens is 297 g/mol. The highest BCUT2D eigenvalue weighted by Gasteiger charge is 2.38. The van der Waals surface area contributed by atoms with E-state index in [4.69, 9.17) is 4.74 Å². The highest BCUT2D eigenvalue weighted by molar-refractivity contribution is 5.35. The van der Waals surface area contributed by atoms with E-state index in [9.17, 15) is 9.50 Å². The zero-order chi connectivity index (χ0) is 16.4. The Bertz CT molecular complexity index is 639. The van der Waals surface area contributed by atoms with Crippen molar-refractivity contribution in [3.05, 3.63) is 53.5 Å². The van der Waals surface area contributed by atoms with Crippen molar-refractivity contribution in [1.82, 2.24) is 15.5 Å². The van der Waals surface area contributed by atoms with Gasteiger partial charge in [-0.2, -0.15) is 0 Å². The number of rotatable bonds is 4. The first-order valence-corrected chi connectivity index (χ1v) is 7.64. The number of nitrogens with one attached hydrogen (secondary N) is 2. The van der Waals surface area contributed by atoms with Gasteiger partial charge in [-0.05, 0) is 36.3 Å². The Hall–Kier alpha value is -1.89. The summed E-state index contributed by atoms with van der Waals surface area (Å²) in [6, 6.07) is 5.01. The maximum Gasteiger partial charge on any atom is 0.165 e. The van der Waals surface area contributed by atoms with Gasteiger partial charge in [-0.25, -0.2) is 4.39 Å². The zero-order valence-corrected chi connectivity index (χ0v) is 13.3. The molecule has 3 rings (SSSR count). The van der Waals surface area contributed by atoms with E-state index >= 15 is 0 Å². The molecule has 2 heterocycles. The zero-order valence-electron chi connectivity index (χ0n) is 13.3. The van der Waals surface area contributed by atoms with Crippen LogP contribution in [0.2, 0.25) is 0 Å². The summed E-state index contributed by atoms with van der Waals surface area (Å²) in [5.74, 6) is -0.157. The van der Waals surface area contributed by atoms with Gasteiger partial charge in [0.25, 0.3) is 0 Å². The van der Waals surface area contributed by atoms with Gasteiger partial charge < -0.3 is 20.1 Å². The topological polar surface area (TPSA) is 56.8 Å². The Labute approximate surface area is 135 Å². The van der Waals surface area contributed by atoms with Gasteiger partial charge in [0, 0.05) is 26.0 Å². The number of hydrogen-bond acceptors (Lipinski definition) is 5. The van der Waals surface area contributed by atoms with Gasteiger partial charge in [0.1, 0.15) is 6.23 Å². The van der Waals surface area contributed by atoms with Gasteiger partial charge in [0.15, 0.2) is 11.6 Å². The largest absolute Gasteiger partial charge is 0.494 e. The van der Waals surface area contributed by atoms with Crippen molar-refractivity contribution in [2.45, 2.75) is 18.7 Å². The molecule has 2 atom stereocenters. The summed E-state index contributed by atoms with van der Waals surface area (Å²) in [6.45, 7) is 3.70. The molecule has 2 aliphatic heterocycles. The van der Waals surface area contributed by atoms with E-state index < -0.39 is 11.8 Å². The van der Waals surface area contributed by atoms with E-state index in [1.807, 2.05) is 36.2 Å². The summed E-state index contributed by atoms with van der Waals surface area (Å²) < 4.78 is 19.1.